The Morgan fingerprint density at radius 1 is 1.39 bits per heavy atom. The second kappa shape index (κ2) is 4.97. The zero-order chi connectivity index (χ0) is 13.3. The van der Waals surface area contributed by atoms with E-state index in [4.69, 9.17) is 18.9 Å². The summed E-state index contributed by atoms with van der Waals surface area (Å²) in [5.41, 5.74) is 0. The molecule has 1 N–H and O–H groups in total. The standard InChI is InChI=1S/C12H18O6/c1-4-15-8(13)6-5-7-9-10(11(14)16-7)18-12(2,3)17-9/h5-7,9-11,14H,4H2,1-3H3/b6-5+/t7-,9-,10-,11+/m1/s1. The fourth-order valence-corrected chi connectivity index (χ4v) is 2.13. The lowest BCUT2D eigenvalue weighted by Gasteiger charge is -2.21. The minimum atomic E-state index is -1.05. The molecule has 0 unspecified atom stereocenters. The maximum atomic E-state index is 11.2. The highest BCUT2D eigenvalue weighted by molar-refractivity contribution is 5.81. The third-order valence-corrected chi connectivity index (χ3v) is 2.77. The van der Waals surface area contributed by atoms with Crippen LogP contribution in [0.3, 0.4) is 0 Å². The molecule has 0 amide bonds. The van der Waals surface area contributed by atoms with Gasteiger partial charge in [-0.05, 0) is 26.8 Å². The van der Waals surface area contributed by atoms with Gasteiger partial charge < -0.3 is 24.1 Å². The molecular formula is C12H18O6. The number of carbonyl (C=O) groups is 1. The minimum absolute atomic E-state index is 0.315. The maximum absolute atomic E-state index is 11.2. The fraction of sp³-hybridized carbons (Fsp3) is 0.750. The van der Waals surface area contributed by atoms with Crippen molar-refractivity contribution in [1.29, 1.82) is 0 Å². The average Bonchev–Trinajstić information content (AvgIpc) is 2.72. The molecule has 0 bridgehead atoms. The highest BCUT2D eigenvalue weighted by Gasteiger charge is 2.54. The Bertz CT molecular complexity index is 350. The lowest BCUT2D eigenvalue weighted by atomic mass is 10.1. The molecule has 0 saturated carbocycles. The van der Waals surface area contributed by atoms with Gasteiger partial charge in [0.2, 0.25) is 0 Å². The molecule has 2 aliphatic heterocycles. The van der Waals surface area contributed by atoms with Crippen molar-refractivity contribution < 1.29 is 28.8 Å². The van der Waals surface area contributed by atoms with Crippen molar-refractivity contribution in [2.75, 3.05) is 6.61 Å². The number of fused-ring (bicyclic) bond motifs is 1. The molecule has 2 heterocycles. The van der Waals surface area contributed by atoms with E-state index in [1.54, 1.807) is 20.8 Å². The molecule has 6 heteroatoms. The van der Waals surface area contributed by atoms with E-state index in [0.29, 0.717) is 6.61 Å². The molecule has 0 aliphatic carbocycles. The van der Waals surface area contributed by atoms with Gasteiger partial charge in [0.15, 0.2) is 12.1 Å². The number of carbonyl (C=O) groups excluding carboxylic acids is 1. The van der Waals surface area contributed by atoms with Crippen LogP contribution in [0.1, 0.15) is 20.8 Å². The fourth-order valence-electron chi connectivity index (χ4n) is 2.13. The summed E-state index contributed by atoms with van der Waals surface area (Å²) in [6.07, 6.45) is 0.288. The quantitative estimate of drug-likeness (QED) is 0.581. The van der Waals surface area contributed by atoms with Crippen LogP contribution in [0, 0.1) is 0 Å². The van der Waals surface area contributed by atoms with Crippen LogP contribution in [0.2, 0.25) is 0 Å². The lowest BCUT2D eigenvalue weighted by Crippen LogP contribution is -2.29. The number of aliphatic hydroxyl groups is 1. The summed E-state index contributed by atoms with van der Waals surface area (Å²) in [7, 11) is 0. The molecule has 4 atom stereocenters. The second-order valence-corrected chi connectivity index (χ2v) is 4.67. The maximum Gasteiger partial charge on any atom is 0.330 e. The van der Waals surface area contributed by atoms with Crippen LogP contribution in [0.15, 0.2) is 12.2 Å². The number of esters is 1. The van der Waals surface area contributed by atoms with E-state index in [2.05, 4.69) is 0 Å². The van der Waals surface area contributed by atoms with Gasteiger partial charge in [-0.15, -0.1) is 0 Å². The van der Waals surface area contributed by atoms with E-state index >= 15 is 0 Å². The van der Waals surface area contributed by atoms with Gasteiger partial charge in [0.05, 0.1) is 6.61 Å². The van der Waals surface area contributed by atoms with Crippen molar-refractivity contribution >= 4 is 5.97 Å². The predicted octanol–water partition coefficient (Wildman–Crippen LogP) is 0.343. The summed E-state index contributed by atoms with van der Waals surface area (Å²) in [5, 5.41) is 9.69. The van der Waals surface area contributed by atoms with Crippen LogP contribution in [0.4, 0.5) is 0 Å². The van der Waals surface area contributed by atoms with Crippen molar-refractivity contribution in [3.05, 3.63) is 12.2 Å². The van der Waals surface area contributed by atoms with Crippen LogP contribution in [0.25, 0.3) is 0 Å². The Kier molecular flexibility index (Phi) is 3.72. The molecule has 6 nitrogen and oxygen atoms in total. The summed E-state index contributed by atoms with van der Waals surface area (Å²) in [6, 6.07) is 0. The first-order valence-electron chi connectivity index (χ1n) is 5.97. The topological polar surface area (TPSA) is 74.2 Å². The highest BCUT2D eigenvalue weighted by atomic mass is 16.8. The summed E-state index contributed by atoms with van der Waals surface area (Å²) in [6.45, 7) is 5.58. The largest absolute Gasteiger partial charge is 0.463 e. The van der Waals surface area contributed by atoms with Gasteiger partial charge in [-0.1, -0.05) is 0 Å². The van der Waals surface area contributed by atoms with Crippen molar-refractivity contribution in [1.82, 2.24) is 0 Å². The molecule has 0 aromatic heterocycles. The van der Waals surface area contributed by atoms with Crippen LogP contribution < -0.4 is 0 Å². The third-order valence-electron chi connectivity index (χ3n) is 2.77. The zero-order valence-electron chi connectivity index (χ0n) is 10.7. The van der Waals surface area contributed by atoms with E-state index in [1.165, 1.54) is 12.2 Å². The van der Waals surface area contributed by atoms with E-state index in [-0.39, 0.29) is 0 Å². The van der Waals surface area contributed by atoms with Crippen LogP contribution in [0.5, 0.6) is 0 Å². The molecule has 0 radical (unpaired) electrons. The number of ether oxygens (including phenoxy) is 4. The Morgan fingerprint density at radius 3 is 2.72 bits per heavy atom. The van der Waals surface area contributed by atoms with E-state index in [9.17, 15) is 9.90 Å². The number of hydrogen-bond acceptors (Lipinski definition) is 6. The molecule has 0 aromatic carbocycles. The van der Waals surface area contributed by atoms with Crippen molar-refractivity contribution in [3.8, 4) is 0 Å². The SMILES string of the molecule is CCOC(=O)/C=C/[C@H]1O[C@H](O)[C@@H]2OC(C)(C)O[C@@H]21. The van der Waals surface area contributed by atoms with Gasteiger partial charge in [-0.2, -0.15) is 0 Å². The smallest absolute Gasteiger partial charge is 0.330 e. The van der Waals surface area contributed by atoms with Crippen molar-refractivity contribution in [2.24, 2.45) is 0 Å². The van der Waals surface area contributed by atoms with Crippen LogP contribution in [-0.2, 0) is 23.7 Å². The first-order valence-corrected chi connectivity index (χ1v) is 5.97. The van der Waals surface area contributed by atoms with Crippen molar-refractivity contribution in [2.45, 2.75) is 51.2 Å². The van der Waals surface area contributed by atoms with Gasteiger partial charge in [0, 0.05) is 6.08 Å². The average molecular weight is 258 g/mol. The third kappa shape index (κ3) is 2.72. The minimum Gasteiger partial charge on any atom is -0.463 e. The Hall–Kier alpha value is -0.950. The summed E-state index contributed by atoms with van der Waals surface area (Å²) in [5.74, 6) is -1.20. The Balaban J connectivity index is 2.00. The Morgan fingerprint density at radius 2 is 2.06 bits per heavy atom. The van der Waals surface area contributed by atoms with Gasteiger partial charge in [-0.3, -0.25) is 0 Å². The molecule has 0 aromatic rings. The zero-order valence-corrected chi connectivity index (χ0v) is 10.7. The number of aliphatic hydroxyl groups excluding tert-OH is 1. The molecular weight excluding hydrogens is 240 g/mol. The van der Waals surface area contributed by atoms with E-state index < -0.39 is 36.4 Å². The van der Waals surface area contributed by atoms with Gasteiger partial charge >= 0.3 is 5.97 Å². The number of rotatable bonds is 3. The summed E-state index contributed by atoms with van der Waals surface area (Å²) in [4.78, 5) is 11.2. The van der Waals surface area contributed by atoms with Crippen LogP contribution >= 0.6 is 0 Å². The summed E-state index contributed by atoms with van der Waals surface area (Å²) < 4.78 is 21.2. The normalized spacial score (nSPS) is 38.0. The first-order chi connectivity index (χ1) is 8.43. The van der Waals surface area contributed by atoms with Crippen molar-refractivity contribution in [3.63, 3.8) is 0 Å². The summed E-state index contributed by atoms with van der Waals surface area (Å²) >= 11 is 0. The number of hydrogen-bond donors (Lipinski definition) is 1. The predicted molar refractivity (Wildman–Crippen MR) is 60.5 cm³/mol. The van der Waals surface area contributed by atoms with Gasteiger partial charge in [-0.25, -0.2) is 4.79 Å². The molecule has 102 valence electrons. The molecule has 2 rings (SSSR count). The Labute approximate surface area is 105 Å². The lowest BCUT2D eigenvalue weighted by molar-refractivity contribution is -0.214. The molecule has 18 heavy (non-hydrogen) atoms. The van der Waals surface area contributed by atoms with E-state index in [0.717, 1.165) is 0 Å². The first kappa shape index (κ1) is 13.5. The monoisotopic (exact) mass is 258 g/mol. The second-order valence-electron chi connectivity index (χ2n) is 4.67. The molecule has 2 fully saturated rings. The highest BCUT2D eigenvalue weighted by Crippen LogP contribution is 2.38. The molecule has 2 saturated heterocycles. The van der Waals surface area contributed by atoms with E-state index in [1.807, 2.05) is 0 Å². The van der Waals surface area contributed by atoms with Crippen LogP contribution in [-0.4, -0.2) is 48.1 Å². The molecule has 2 aliphatic rings. The van der Waals surface area contributed by atoms with Gasteiger partial charge in [0.25, 0.3) is 0 Å². The van der Waals surface area contributed by atoms with Gasteiger partial charge in [0.1, 0.15) is 18.3 Å². The molecule has 0 spiro atoms.